The Bertz CT molecular complexity index is 339. The molecule has 0 unspecified atom stereocenters. The van der Waals surface area contributed by atoms with Crippen molar-refractivity contribution in [2.24, 2.45) is 5.41 Å². The van der Waals surface area contributed by atoms with E-state index in [0.29, 0.717) is 5.92 Å². The Balaban J connectivity index is 2.30. The van der Waals surface area contributed by atoms with Gasteiger partial charge in [0.2, 0.25) is 5.88 Å². The fraction of sp³-hybridized carbons (Fsp3) is 0.727. The minimum atomic E-state index is 0.202. The van der Waals surface area contributed by atoms with Crippen LogP contribution in [0.5, 0.6) is 5.88 Å². The summed E-state index contributed by atoms with van der Waals surface area (Å²) in [5.74, 6) is 1.40. The Labute approximate surface area is 85.1 Å². The molecule has 0 saturated carbocycles. The molecule has 0 atom stereocenters. The van der Waals surface area contributed by atoms with E-state index in [4.69, 9.17) is 4.74 Å². The van der Waals surface area contributed by atoms with Gasteiger partial charge in [-0.15, -0.1) is 0 Å². The molecule has 14 heavy (non-hydrogen) atoms. The molecule has 2 heterocycles. The Hall–Kier alpha value is -0.990. The summed E-state index contributed by atoms with van der Waals surface area (Å²) in [4.78, 5) is 0. The highest BCUT2D eigenvalue weighted by Crippen LogP contribution is 2.30. The average Bonchev–Trinajstić information content (AvgIpc) is 2.45. The summed E-state index contributed by atoms with van der Waals surface area (Å²) >= 11 is 0. The van der Waals surface area contributed by atoms with Gasteiger partial charge in [0.15, 0.2) is 0 Å². The summed E-state index contributed by atoms with van der Waals surface area (Å²) < 4.78 is 7.65. The highest BCUT2D eigenvalue weighted by Gasteiger charge is 2.28. The maximum absolute atomic E-state index is 5.67. The molecule has 0 aromatic carbocycles. The van der Waals surface area contributed by atoms with Crippen molar-refractivity contribution in [1.82, 2.24) is 9.78 Å². The molecule has 0 fully saturated rings. The van der Waals surface area contributed by atoms with Crippen LogP contribution in [-0.4, -0.2) is 16.4 Å². The van der Waals surface area contributed by atoms with Crippen molar-refractivity contribution in [3.63, 3.8) is 0 Å². The van der Waals surface area contributed by atoms with E-state index in [0.717, 1.165) is 24.7 Å². The fourth-order valence-electron chi connectivity index (χ4n) is 1.65. The number of nitrogens with zero attached hydrogens (tertiary/aromatic N) is 2. The van der Waals surface area contributed by atoms with Crippen molar-refractivity contribution in [2.45, 2.75) is 40.2 Å². The molecule has 78 valence electrons. The molecule has 0 spiro atoms. The zero-order chi connectivity index (χ0) is 10.3. The first-order valence-corrected chi connectivity index (χ1v) is 5.18. The van der Waals surface area contributed by atoms with Crippen LogP contribution in [0.25, 0.3) is 0 Å². The van der Waals surface area contributed by atoms with Gasteiger partial charge < -0.3 is 4.74 Å². The quantitative estimate of drug-likeness (QED) is 0.686. The second kappa shape index (κ2) is 3.01. The van der Waals surface area contributed by atoms with E-state index >= 15 is 0 Å². The predicted molar refractivity (Wildman–Crippen MR) is 55.6 cm³/mol. The molecule has 3 heteroatoms. The van der Waals surface area contributed by atoms with E-state index in [-0.39, 0.29) is 5.41 Å². The third-order valence-electron chi connectivity index (χ3n) is 2.54. The lowest BCUT2D eigenvalue weighted by molar-refractivity contribution is 0.100. The van der Waals surface area contributed by atoms with E-state index in [9.17, 15) is 0 Å². The highest BCUT2D eigenvalue weighted by molar-refractivity contribution is 5.20. The third-order valence-corrected chi connectivity index (χ3v) is 2.54. The van der Waals surface area contributed by atoms with Gasteiger partial charge in [0.25, 0.3) is 0 Å². The number of rotatable bonds is 1. The second-order valence-electron chi connectivity index (χ2n) is 5.17. The Morgan fingerprint density at radius 2 is 2.21 bits per heavy atom. The molecule has 0 aliphatic carbocycles. The van der Waals surface area contributed by atoms with Gasteiger partial charge in [0, 0.05) is 11.5 Å². The van der Waals surface area contributed by atoms with E-state index in [1.807, 2.05) is 4.68 Å². The Morgan fingerprint density at radius 3 is 2.86 bits per heavy atom. The van der Waals surface area contributed by atoms with Crippen molar-refractivity contribution in [3.05, 3.63) is 11.8 Å². The topological polar surface area (TPSA) is 27.1 Å². The van der Waals surface area contributed by atoms with Crippen molar-refractivity contribution >= 4 is 0 Å². The molecule has 1 aromatic rings. The molecule has 3 nitrogen and oxygen atoms in total. The number of fused-ring (bicyclic) bond motifs is 1. The van der Waals surface area contributed by atoms with Gasteiger partial charge in [-0.3, -0.25) is 0 Å². The summed E-state index contributed by atoms with van der Waals surface area (Å²) in [5.41, 5.74) is 1.32. The highest BCUT2D eigenvalue weighted by atomic mass is 16.5. The van der Waals surface area contributed by atoms with E-state index in [1.54, 1.807) is 0 Å². The van der Waals surface area contributed by atoms with Gasteiger partial charge in [-0.1, -0.05) is 27.7 Å². The molecule has 0 N–H and O–H groups in total. The molecule has 1 aromatic heterocycles. The van der Waals surface area contributed by atoms with Crippen LogP contribution in [0.15, 0.2) is 6.07 Å². The minimum Gasteiger partial charge on any atom is -0.477 e. The van der Waals surface area contributed by atoms with Gasteiger partial charge in [-0.25, -0.2) is 4.68 Å². The first-order valence-electron chi connectivity index (χ1n) is 5.18. The summed E-state index contributed by atoms with van der Waals surface area (Å²) in [7, 11) is 0. The van der Waals surface area contributed by atoms with Crippen LogP contribution in [0, 0.1) is 5.41 Å². The molecule has 1 aliphatic heterocycles. The normalized spacial score (nSPS) is 19.2. The zero-order valence-electron chi connectivity index (χ0n) is 9.37. The van der Waals surface area contributed by atoms with Gasteiger partial charge >= 0.3 is 0 Å². The molecule has 0 bridgehead atoms. The molecule has 0 amide bonds. The van der Waals surface area contributed by atoms with Crippen LogP contribution in [-0.2, 0) is 6.54 Å². The number of ether oxygens (including phenoxy) is 1. The maximum Gasteiger partial charge on any atom is 0.212 e. The second-order valence-corrected chi connectivity index (χ2v) is 5.17. The van der Waals surface area contributed by atoms with Gasteiger partial charge in [0.1, 0.15) is 0 Å². The maximum atomic E-state index is 5.67. The number of aromatic nitrogens is 2. The van der Waals surface area contributed by atoms with Crippen LogP contribution in [0.2, 0.25) is 0 Å². The molecule has 0 radical (unpaired) electrons. The van der Waals surface area contributed by atoms with Crippen molar-refractivity contribution < 1.29 is 4.74 Å². The smallest absolute Gasteiger partial charge is 0.212 e. The fourth-order valence-corrected chi connectivity index (χ4v) is 1.65. The van der Waals surface area contributed by atoms with Crippen molar-refractivity contribution in [3.8, 4) is 5.88 Å². The average molecular weight is 194 g/mol. The van der Waals surface area contributed by atoms with Crippen LogP contribution in [0.4, 0.5) is 0 Å². The lowest BCUT2D eigenvalue weighted by atomic mass is 9.94. The molecular formula is C11H18N2O. The first-order chi connectivity index (χ1) is 6.48. The van der Waals surface area contributed by atoms with Crippen LogP contribution < -0.4 is 4.74 Å². The van der Waals surface area contributed by atoms with Crippen LogP contribution >= 0.6 is 0 Å². The molecule has 0 saturated heterocycles. The molecule has 2 rings (SSSR count). The summed E-state index contributed by atoms with van der Waals surface area (Å²) in [5, 5.41) is 4.54. The summed E-state index contributed by atoms with van der Waals surface area (Å²) in [6, 6.07) is 2.06. The zero-order valence-corrected chi connectivity index (χ0v) is 9.37. The van der Waals surface area contributed by atoms with Crippen molar-refractivity contribution in [1.29, 1.82) is 0 Å². The van der Waals surface area contributed by atoms with Gasteiger partial charge in [-0.2, -0.15) is 5.10 Å². The predicted octanol–water partition coefficient (Wildman–Crippen LogP) is 2.43. The third kappa shape index (κ3) is 1.63. The van der Waals surface area contributed by atoms with Gasteiger partial charge in [0.05, 0.1) is 18.8 Å². The molecular weight excluding hydrogens is 176 g/mol. The van der Waals surface area contributed by atoms with Gasteiger partial charge in [-0.05, 0) is 5.92 Å². The van der Waals surface area contributed by atoms with E-state index < -0.39 is 0 Å². The van der Waals surface area contributed by atoms with E-state index in [1.165, 1.54) is 0 Å². The lowest BCUT2D eigenvalue weighted by Gasteiger charge is -2.29. The van der Waals surface area contributed by atoms with Crippen molar-refractivity contribution in [2.75, 3.05) is 6.61 Å². The minimum absolute atomic E-state index is 0.202. The standard InChI is InChI=1S/C11H18N2O/c1-8(2)9-5-10-13(12-9)6-11(3,4)7-14-10/h5,8H,6-7H2,1-4H3. The number of hydrogen-bond acceptors (Lipinski definition) is 2. The van der Waals surface area contributed by atoms with Crippen LogP contribution in [0.3, 0.4) is 0 Å². The number of hydrogen-bond donors (Lipinski definition) is 0. The first kappa shape index (κ1) is 9.56. The SMILES string of the molecule is CC(C)c1cc2n(n1)CC(C)(C)CO2. The summed E-state index contributed by atoms with van der Waals surface area (Å²) in [6.07, 6.45) is 0. The largest absolute Gasteiger partial charge is 0.477 e. The monoisotopic (exact) mass is 194 g/mol. The van der Waals surface area contributed by atoms with E-state index in [2.05, 4.69) is 38.9 Å². The summed E-state index contributed by atoms with van der Waals surface area (Å²) in [6.45, 7) is 10.4. The lowest BCUT2D eigenvalue weighted by Crippen LogP contribution is -2.32. The Morgan fingerprint density at radius 1 is 1.50 bits per heavy atom. The van der Waals surface area contributed by atoms with Crippen LogP contribution in [0.1, 0.15) is 39.3 Å². The Kier molecular flexibility index (Phi) is 2.05. The molecule has 1 aliphatic rings.